The molecule has 1 fully saturated rings. The Morgan fingerprint density at radius 1 is 1.11 bits per heavy atom. The molecule has 1 aromatic heterocycles. The number of anilines is 2. The normalized spacial score (nSPS) is 14.5. The largest absolute Gasteiger partial charge is 0.383 e. The first kappa shape index (κ1) is 18.7. The summed E-state index contributed by atoms with van der Waals surface area (Å²) in [5.41, 5.74) is 5.52. The van der Waals surface area contributed by atoms with Gasteiger partial charge in [-0.25, -0.2) is 18.2 Å². The number of amidine groups is 1. The summed E-state index contributed by atoms with van der Waals surface area (Å²) < 4.78 is 40.1. The maximum atomic E-state index is 13.8. The number of aliphatic imine (C=N–C) groups is 1. The predicted octanol–water partition coefficient (Wildman–Crippen LogP) is 2.69. The molecular weight excluding hydrogens is 359 g/mol. The topological polar surface area (TPSA) is 83.6 Å². The van der Waals surface area contributed by atoms with E-state index in [0.717, 1.165) is 37.8 Å². The first-order valence-electron chi connectivity index (χ1n) is 8.38. The highest BCUT2D eigenvalue weighted by molar-refractivity contribution is 6.10. The van der Waals surface area contributed by atoms with Crippen LogP contribution < -0.4 is 16.0 Å². The van der Waals surface area contributed by atoms with Crippen molar-refractivity contribution in [1.82, 2.24) is 4.98 Å². The molecule has 2 heterocycles. The smallest absolute Gasteiger partial charge is 0.282 e. The Labute approximate surface area is 153 Å². The molecule has 3 rings (SSSR count). The fourth-order valence-electron chi connectivity index (χ4n) is 2.89. The SMILES string of the molecule is CNc1nc(N2CCCC2)ccc1C(N)=NC(=O)c1ccc(F)c(F)c1F. The van der Waals surface area contributed by atoms with Crippen LogP contribution in [0.3, 0.4) is 0 Å². The van der Waals surface area contributed by atoms with Crippen LogP contribution >= 0.6 is 0 Å². The Morgan fingerprint density at radius 2 is 1.78 bits per heavy atom. The summed E-state index contributed by atoms with van der Waals surface area (Å²) in [7, 11) is 1.64. The van der Waals surface area contributed by atoms with Crippen molar-refractivity contribution in [2.24, 2.45) is 10.7 Å². The summed E-state index contributed by atoms with van der Waals surface area (Å²) in [5.74, 6) is -4.88. The lowest BCUT2D eigenvalue weighted by Gasteiger charge is -2.18. The second-order valence-electron chi connectivity index (χ2n) is 6.03. The molecule has 142 valence electrons. The van der Waals surface area contributed by atoms with Gasteiger partial charge in [0.05, 0.1) is 11.1 Å². The number of benzene rings is 1. The molecule has 1 aliphatic heterocycles. The average molecular weight is 377 g/mol. The number of aromatic nitrogens is 1. The number of nitrogens with two attached hydrogens (primary N) is 1. The van der Waals surface area contributed by atoms with E-state index >= 15 is 0 Å². The van der Waals surface area contributed by atoms with Gasteiger partial charge in [-0.1, -0.05) is 0 Å². The second-order valence-corrected chi connectivity index (χ2v) is 6.03. The van der Waals surface area contributed by atoms with Crippen molar-refractivity contribution in [3.8, 4) is 0 Å². The van der Waals surface area contributed by atoms with Crippen molar-refractivity contribution in [3.05, 3.63) is 52.8 Å². The van der Waals surface area contributed by atoms with E-state index in [1.807, 2.05) is 0 Å². The van der Waals surface area contributed by atoms with E-state index in [0.29, 0.717) is 17.4 Å². The number of hydrogen-bond donors (Lipinski definition) is 2. The van der Waals surface area contributed by atoms with Gasteiger partial charge in [0.2, 0.25) is 0 Å². The molecule has 1 aliphatic rings. The summed E-state index contributed by atoms with van der Waals surface area (Å²) in [6.07, 6.45) is 2.19. The molecule has 27 heavy (non-hydrogen) atoms. The van der Waals surface area contributed by atoms with Crippen LogP contribution in [0.4, 0.5) is 24.8 Å². The van der Waals surface area contributed by atoms with Crippen LogP contribution in [-0.2, 0) is 0 Å². The monoisotopic (exact) mass is 377 g/mol. The van der Waals surface area contributed by atoms with Gasteiger partial charge in [-0.15, -0.1) is 0 Å². The highest BCUT2D eigenvalue weighted by Crippen LogP contribution is 2.23. The van der Waals surface area contributed by atoms with E-state index in [2.05, 4.69) is 20.2 Å². The van der Waals surface area contributed by atoms with E-state index in [4.69, 9.17) is 5.73 Å². The number of halogens is 3. The number of rotatable bonds is 4. The van der Waals surface area contributed by atoms with E-state index in [-0.39, 0.29) is 5.84 Å². The van der Waals surface area contributed by atoms with Gasteiger partial charge >= 0.3 is 0 Å². The lowest BCUT2D eigenvalue weighted by atomic mass is 10.1. The number of carbonyl (C=O) groups excluding carboxylic acids is 1. The molecule has 1 aromatic carbocycles. The molecule has 1 saturated heterocycles. The zero-order chi connectivity index (χ0) is 19.6. The van der Waals surface area contributed by atoms with Crippen LogP contribution in [0.2, 0.25) is 0 Å². The third kappa shape index (κ3) is 3.71. The first-order chi connectivity index (χ1) is 12.9. The van der Waals surface area contributed by atoms with Gasteiger partial charge in [0, 0.05) is 20.1 Å². The highest BCUT2D eigenvalue weighted by Gasteiger charge is 2.20. The molecule has 3 N–H and O–H groups in total. The van der Waals surface area contributed by atoms with E-state index in [1.54, 1.807) is 19.2 Å². The molecule has 2 aromatic rings. The minimum Gasteiger partial charge on any atom is -0.383 e. The number of amides is 1. The summed E-state index contributed by atoms with van der Waals surface area (Å²) in [4.78, 5) is 22.4. The molecule has 0 radical (unpaired) electrons. The molecule has 0 spiro atoms. The molecule has 0 bridgehead atoms. The number of pyridine rings is 1. The maximum Gasteiger partial charge on any atom is 0.282 e. The first-order valence-corrected chi connectivity index (χ1v) is 8.38. The molecule has 0 atom stereocenters. The van der Waals surface area contributed by atoms with Crippen LogP contribution in [-0.4, -0.2) is 36.9 Å². The average Bonchev–Trinajstić information content (AvgIpc) is 3.20. The van der Waals surface area contributed by atoms with Crippen molar-refractivity contribution < 1.29 is 18.0 Å². The molecule has 0 saturated carbocycles. The molecular formula is C18H18F3N5O. The van der Waals surface area contributed by atoms with Crippen LogP contribution in [0.1, 0.15) is 28.8 Å². The lowest BCUT2D eigenvalue weighted by molar-refractivity contribution is 0.0998. The summed E-state index contributed by atoms with van der Waals surface area (Å²) in [6, 6.07) is 4.88. The fraction of sp³-hybridized carbons (Fsp3) is 0.278. The maximum absolute atomic E-state index is 13.8. The van der Waals surface area contributed by atoms with Crippen molar-refractivity contribution in [2.75, 3.05) is 30.4 Å². The van der Waals surface area contributed by atoms with Gasteiger partial charge in [-0.05, 0) is 37.1 Å². The van der Waals surface area contributed by atoms with Crippen molar-refractivity contribution in [1.29, 1.82) is 0 Å². The summed E-state index contributed by atoms with van der Waals surface area (Å²) in [5, 5.41) is 2.89. The summed E-state index contributed by atoms with van der Waals surface area (Å²) in [6.45, 7) is 1.82. The zero-order valence-corrected chi connectivity index (χ0v) is 14.6. The highest BCUT2D eigenvalue weighted by atomic mass is 19.2. The van der Waals surface area contributed by atoms with Crippen molar-refractivity contribution in [3.63, 3.8) is 0 Å². The van der Waals surface area contributed by atoms with Gasteiger partial charge in [-0.2, -0.15) is 4.99 Å². The van der Waals surface area contributed by atoms with Gasteiger partial charge < -0.3 is 16.0 Å². The van der Waals surface area contributed by atoms with Crippen molar-refractivity contribution >= 4 is 23.4 Å². The Bertz CT molecular complexity index is 910. The predicted molar refractivity (Wildman–Crippen MR) is 96.6 cm³/mol. The molecule has 0 aliphatic carbocycles. The fourth-order valence-corrected chi connectivity index (χ4v) is 2.89. The number of nitrogens with zero attached hydrogens (tertiary/aromatic N) is 3. The van der Waals surface area contributed by atoms with E-state index in [1.165, 1.54) is 0 Å². The standard InChI is InChI=1S/C18H18F3N5O/c1-23-17-11(5-7-13(24-17)26-8-2-3-9-26)16(22)25-18(27)10-4-6-12(19)15(21)14(10)20/h4-7H,2-3,8-9H2,1H3,(H,23,24)(H2,22,25,27). The van der Waals surface area contributed by atoms with Gasteiger partial charge in [-0.3, -0.25) is 4.79 Å². The van der Waals surface area contributed by atoms with Gasteiger partial charge in [0.15, 0.2) is 17.5 Å². The quantitative estimate of drug-likeness (QED) is 0.486. The second kappa shape index (κ2) is 7.65. The Hall–Kier alpha value is -3.10. The third-order valence-corrected chi connectivity index (χ3v) is 4.31. The van der Waals surface area contributed by atoms with E-state index in [9.17, 15) is 18.0 Å². The Morgan fingerprint density at radius 3 is 2.44 bits per heavy atom. The molecule has 9 heteroatoms. The number of carbonyl (C=O) groups is 1. The summed E-state index contributed by atoms with van der Waals surface area (Å²) >= 11 is 0. The van der Waals surface area contributed by atoms with Crippen molar-refractivity contribution in [2.45, 2.75) is 12.8 Å². The molecule has 0 unspecified atom stereocenters. The molecule has 6 nitrogen and oxygen atoms in total. The van der Waals surface area contributed by atoms with Crippen LogP contribution in [0.25, 0.3) is 0 Å². The minimum absolute atomic E-state index is 0.214. The lowest BCUT2D eigenvalue weighted by Crippen LogP contribution is -2.22. The Kier molecular flexibility index (Phi) is 5.29. The zero-order valence-electron chi connectivity index (χ0n) is 14.6. The minimum atomic E-state index is -1.73. The van der Waals surface area contributed by atoms with Gasteiger partial charge in [0.1, 0.15) is 17.5 Å². The van der Waals surface area contributed by atoms with E-state index < -0.39 is 28.9 Å². The van der Waals surface area contributed by atoms with Crippen LogP contribution in [0.15, 0.2) is 29.3 Å². The van der Waals surface area contributed by atoms with Crippen LogP contribution in [0, 0.1) is 17.5 Å². The molecule has 1 amide bonds. The third-order valence-electron chi connectivity index (χ3n) is 4.31. The number of nitrogens with one attached hydrogen (secondary N) is 1. The van der Waals surface area contributed by atoms with Crippen LogP contribution in [0.5, 0.6) is 0 Å². The Balaban J connectivity index is 1.91. The number of hydrogen-bond acceptors (Lipinski definition) is 4. The van der Waals surface area contributed by atoms with Gasteiger partial charge in [0.25, 0.3) is 5.91 Å².